The van der Waals surface area contributed by atoms with Crippen LogP contribution in [0.2, 0.25) is 0 Å². The minimum atomic E-state index is -3.15. The van der Waals surface area contributed by atoms with Crippen LogP contribution in [-0.2, 0) is 21.3 Å². The molecular weight excluding hydrogens is 308 g/mol. The molecule has 0 amide bonds. The number of hydrogen-bond donors (Lipinski definition) is 1. The minimum Gasteiger partial charge on any atom is -0.376 e. The van der Waals surface area contributed by atoms with Crippen LogP contribution in [0.5, 0.6) is 0 Å². The maximum absolute atomic E-state index is 11.2. The predicted octanol–water partition coefficient (Wildman–Crippen LogP) is 1.13. The number of nitrogens with zero attached hydrogens (tertiary/aromatic N) is 1. The Morgan fingerprint density at radius 2 is 2.38 bits per heavy atom. The van der Waals surface area contributed by atoms with Gasteiger partial charge in [0.1, 0.15) is 0 Å². The fourth-order valence-corrected chi connectivity index (χ4v) is 4.52. The van der Waals surface area contributed by atoms with Crippen molar-refractivity contribution in [3.8, 4) is 0 Å². The molecule has 21 heavy (non-hydrogen) atoms. The summed E-state index contributed by atoms with van der Waals surface area (Å²) in [5.74, 6) is 1.02. The number of piperidine rings is 1. The van der Waals surface area contributed by atoms with Gasteiger partial charge in [-0.25, -0.2) is 13.1 Å². The van der Waals surface area contributed by atoms with Crippen LogP contribution in [0.4, 0.5) is 0 Å². The van der Waals surface area contributed by atoms with Crippen molar-refractivity contribution < 1.29 is 13.2 Å². The number of fused-ring (bicyclic) bond motifs is 1. The zero-order chi connectivity index (χ0) is 14.9. The highest BCUT2D eigenvalue weighted by Crippen LogP contribution is 2.34. The Labute approximate surface area is 130 Å². The van der Waals surface area contributed by atoms with Crippen molar-refractivity contribution in [1.82, 2.24) is 9.62 Å². The SMILES string of the molecule is CS(=O)(=O)NC[C@H]1OC[C@@H]2CCN(Cc3cccs3)C[C@@H]21. The van der Waals surface area contributed by atoms with Crippen molar-refractivity contribution in [1.29, 1.82) is 0 Å². The van der Waals surface area contributed by atoms with E-state index in [0.29, 0.717) is 18.4 Å². The van der Waals surface area contributed by atoms with E-state index in [4.69, 9.17) is 4.74 Å². The van der Waals surface area contributed by atoms with Gasteiger partial charge in [0.25, 0.3) is 0 Å². The molecule has 0 bridgehead atoms. The van der Waals surface area contributed by atoms with Crippen LogP contribution in [0.15, 0.2) is 17.5 Å². The van der Waals surface area contributed by atoms with E-state index in [2.05, 4.69) is 27.1 Å². The first-order valence-corrected chi connectivity index (χ1v) is 10.1. The van der Waals surface area contributed by atoms with Gasteiger partial charge in [0.2, 0.25) is 10.0 Å². The Balaban J connectivity index is 1.58. The molecule has 3 rings (SSSR count). The van der Waals surface area contributed by atoms with Crippen LogP contribution in [0.3, 0.4) is 0 Å². The molecule has 0 saturated carbocycles. The molecule has 2 aliphatic rings. The number of ether oxygens (including phenoxy) is 1. The zero-order valence-electron chi connectivity index (χ0n) is 12.2. The molecule has 1 N–H and O–H groups in total. The van der Waals surface area contributed by atoms with Gasteiger partial charge < -0.3 is 4.74 Å². The van der Waals surface area contributed by atoms with Crippen LogP contribution in [0, 0.1) is 11.8 Å². The lowest BCUT2D eigenvalue weighted by Gasteiger charge is -2.35. The Kier molecular flexibility index (Phi) is 4.66. The van der Waals surface area contributed by atoms with Crippen molar-refractivity contribution >= 4 is 21.4 Å². The zero-order valence-corrected chi connectivity index (χ0v) is 13.8. The summed E-state index contributed by atoms with van der Waals surface area (Å²) >= 11 is 1.79. The van der Waals surface area contributed by atoms with E-state index >= 15 is 0 Å². The molecule has 3 heterocycles. The maximum atomic E-state index is 11.2. The van der Waals surface area contributed by atoms with Crippen molar-refractivity contribution in [2.75, 3.05) is 32.5 Å². The number of hydrogen-bond acceptors (Lipinski definition) is 5. The predicted molar refractivity (Wildman–Crippen MR) is 83.8 cm³/mol. The Bertz CT molecular complexity index is 559. The molecule has 0 aliphatic carbocycles. The molecule has 3 atom stereocenters. The highest BCUT2D eigenvalue weighted by molar-refractivity contribution is 7.88. The van der Waals surface area contributed by atoms with Crippen molar-refractivity contribution in [2.24, 2.45) is 11.8 Å². The quantitative estimate of drug-likeness (QED) is 0.879. The summed E-state index contributed by atoms with van der Waals surface area (Å²) in [6.07, 6.45) is 2.35. The van der Waals surface area contributed by atoms with Crippen LogP contribution >= 0.6 is 11.3 Å². The topological polar surface area (TPSA) is 58.6 Å². The Morgan fingerprint density at radius 1 is 1.52 bits per heavy atom. The third-order valence-corrected chi connectivity index (χ3v) is 5.95. The largest absolute Gasteiger partial charge is 0.376 e. The van der Waals surface area contributed by atoms with Crippen LogP contribution in [-0.4, -0.2) is 51.9 Å². The Morgan fingerprint density at radius 3 is 3.10 bits per heavy atom. The average molecular weight is 330 g/mol. The maximum Gasteiger partial charge on any atom is 0.208 e. The normalized spacial score (nSPS) is 30.4. The van der Waals surface area contributed by atoms with Gasteiger partial charge in [-0.2, -0.15) is 0 Å². The number of likely N-dealkylation sites (tertiary alicyclic amines) is 1. The first-order valence-electron chi connectivity index (χ1n) is 7.32. The second-order valence-electron chi connectivity index (χ2n) is 6.02. The molecule has 2 saturated heterocycles. The minimum absolute atomic E-state index is 0.0101. The van der Waals surface area contributed by atoms with E-state index in [9.17, 15) is 8.42 Å². The van der Waals surface area contributed by atoms with Gasteiger partial charge in [-0.05, 0) is 30.3 Å². The lowest BCUT2D eigenvalue weighted by Crippen LogP contribution is -2.44. The third-order valence-electron chi connectivity index (χ3n) is 4.40. The van der Waals surface area contributed by atoms with Crippen molar-refractivity contribution in [2.45, 2.75) is 19.1 Å². The van der Waals surface area contributed by atoms with Crippen molar-refractivity contribution in [3.63, 3.8) is 0 Å². The van der Waals surface area contributed by atoms with Crippen LogP contribution < -0.4 is 4.72 Å². The number of sulfonamides is 1. The molecule has 5 nitrogen and oxygen atoms in total. The van der Waals surface area contributed by atoms with Gasteiger partial charge >= 0.3 is 0 Å². The second kappa shape index (κ2) is 6.34. The highest BCUT2D eigenvalue weighted by Gasteiger charge is 2.40. The van der Waals surface area contributed by atoms with Gasteiger partial charge in [0.15, 0.2) is 0 Å². The summed E-state index contributed by atoms with van der Waals surface area (Å²) in [5.41, 5.74) is 0. The molecule has 0 aromatic carbocycles. The monoisotopic (exact) mass is 330 g/mol. The van der Waals surface area contributed by atoms with Crippen LogP contribution in [0.25, 0.3) is 0 Å². The summed E-state index contributed by atoms with van der Waals surface area (Å²) in [6, 6.07) is 4.26. The molecule has 0 spiro atoms. The number of thiophene rings is 1. The standard InChI is InChI=1S/C14H22N2O3S2/c1-21(17,18)15-7-14-13-9-16(5-4-11(13)10-19-14)8-12-3-2-6-20-12/h2-3,6,11,13-15H,4-5,7-10H2,1H3/t11-,13-,14+/m0/s1. The lowest BCUT2D eigenvalue weighted by molar-refractivity contribution is 0.0779. The van der Waals surface area contributed by atoms with E-state index in [0.717, 1.165) is 32.7 Å². The summed E-state index contributed by atoms with van der Waals surface area (Å²) in [7, 11) is -3.15. The fraction of sp³-hybridized carbons (Fsp3) is 0.714. The molecule has 1 aromatic rings. The summed E-state index contributed by atoms with van der Waals surface area (Å²) in [4.78, 5) is 3.85. The summed E-state index contributed by atoms with van der Waals surface area (Å²) < 4.78 is 30.9. The Hall–Kier alpha value is -0.470. The van der Waals surface area contributed by atoms with E-state index in [1.807, 2.05) is 0 Å². The molecule has 118 valence electrons. The average Bonchev–Trinajstić information content (AvgIpc) is 3.05. The summed E-state index contributed by atoms with van der Waals surface area (Å²) in [6.45, 7) is 4.26. The smallest absolute Gasteiger partial charge is 0.208 e. The van der Waals surface area contributed by atoms with Gasteiger partial charge in [-0.3, -0.25) is 4.90 Å². The lowest BCUT2D eigenvalue weighted by atomic mass is 9.84. The molecule has 0 unspecified atom stereocenters. The molecule has 2 fully saturated rings. The molecule has 1 aromatic heterocycles. The van der Waals surface area contributed by atoms with Crippen molar-refractivity contribution in [3.05, 3.63) is 22.4 Å². The van der Waals surface area contributed by atoms with Gasteiger partial charge in [-0.15, -0.1) is 11.3 Å². The molecule has 7 heteroatoms. The van der Waals surface area contributed by atoms with Gasteiger partial charge in [0, 0.05) is 30.4 Å². The molecular formula is C14H22N2O3S2. The van der Waals surface area contributed by atoms with Gasteiger partial charge in [0.05, 0.1) is 19.0 Å². The third kappa shape index (κ3) is 4.04. The van der Waals surface area contributed by atoms with Crippen LogP contribution in [0.1, 0.15) is 11.3 Å². The molecule has 0 radical (unpaired) electrons. The van der Waals surface area contributed by atoms with E-state index in [-0.39, 0.29) is 6.10 Å². The highest BCUT2D eigenvalue weighted by atomic mass is 32.2. The molecule has 2 aliphatic heterocycles. The van der Waals surface area contributed by atoms with E-state index in [1.165, 1.54) is 11.1 Å². The van der Waals surface area contributed by atoms with E-state index in [1.54, 1.807) is 11.3 Å². The second-order valence-corrected chi connectivity index (χ2v) is 8.88. The summed E-state index contributed by atoms with van der Waals surface area (Å²) in [5, 5.41) is 2.11. The van der Waals surface area contributed by atoms with E-state index < -0.39 is 10.0 Å². The number of rotatable bonds is 5. The number of nitrogens with one attached hydrogen (secondary N) is 1. The fourth-order valence-electron chi connectivity index (χ4n) is 3.31. The first kappa shape index (κ1) is 15.4. The first-order chi connectivity index (χ1) is 10.0. The van der Waals surface area contributed by atoms with Gasteiger partial charge in [-0.1, -0.05) is 6.07 Å².